The van der Waals surface area contributed by atoms with Gasteiger partial charge in [0.2, 0.25) is 0 Å². The Balaban J connectivity index is 1.70. The molecule has 0 spiro atoms. The Hall–Kier alpha value is -3.14. The van der Waals surface area contributed by atoms with E-state index in [1.54, 1.807) is 24.3 Å². The third-order valence-electron chi connectivity index (χ3n) is 3.78. The molecule has 0 aliphatic heterocycles. The van der Waals surface area contributed by atoms with Crippen molar-refractivity contribution in [3.05, 3.63) is 71.6 Å². The summed E-state index contributed by atoms with van der Waals surface area (Å²) >= 11 is 5.21. The summed E-state index contributed by atoms with van der Waals surface area (Å²) in [5.74, 6) is -5.52. The lowest BCUT2D eigenvalue weighted by Gasteiger charge is -2.12. The number of rotatable bonds is 5. The van der Waals surface area contributed by atoms with Crippen molar-refractivity contribution in [2.75, 3.05) is 17.7 Å². The zero-order valence-electron chi connectivity index (χ0n) is 14.5. The quantitative estimate of drug-likeness (QED) is 0.284. The molecule has 146 valence electrons. The minimum absolute atomic E-state index is 0.231. The minimum Gasteiger partial charge on any atom is -0.495 e. The van der Waals surface area contributed by atoms with E-state index in [-0.39, 0.29) is 5.11 Å². The molecule has 0 aliphatic rings. The number of aromatic nitrogens is 2. The van der Waals surface area contributed by atoms with E-state index in [1.807, 2.05) is 0 Å². The summed E-state index contributed by atoms with van der Waals surface area (Å²) < 4.78 is 60.3. The van der Waals surface area contributed by atoms with Gasteiger partial charge in [-0.15, -0.1) is 0 Å². The van der Waals surface area contributed by atoms with Gasteiger partial charge < -0.3 is 15.4 Å². The lowest BCUT2D eigenvalue weighted by Crippen LogP contribution is -2.19. The van der Waals surface area contributed by atoms with E-state index in [4.69, 9.17) is 17.0 Å². The molecule has 2 N–H and O–H groups in total. The summed E-state index contributed by atoms with van der Waals surface area (Å²) in [6.07, 6.45) is 2.78. The van der Waals surface area contributed by atoms with E-state index in [1.165, 1.54) is 19.5 Å². The zero-order chi connectivity index (χ0) is 20.3. The van der Waals surface area contributed by atoms with Crippen LogP contribution in [-0.2, 0) is 6.54 Å². The Labute approximate surface area is 162 Å². The van der Waals surface area contributed by atoms with Crippen molar-refractivity contribution in [1.29, 1.82) is 0 Å². The number of nitrogens with zero attached hydrogens (tertiary/aromatic N) is 2. The maximum absolute atomic E-state index is 13.8. The Morgan fingerprint density at radius 2 is 1.86 bits per heavy atom. The van der Waals surface area contributed by atoms with Gasteiger partial charge in [-0.05, 0) is 24.4 Å². The Bertz CT molecular complexity index is 1020. The second kappa shape index (κ2) is 8.26. The van der Waals surface area contributed by atoms with Gasteiger partial charge in [0, 0.05) is 17.8 Å². The van der Waals surface area contributed by atoms with E-state index >= 15 is 0 Å². The van der Waals surface area contributed by atoms with E-state index in [2.05, 4.69) is 15.7 Å². The van der Waals surface area contributed by atoms with Crippen molar-refractivity contribution in [3.63, 3.8) is 0 Å². The number of para-hydroxylation sites is 2. The standard InChI is InChI=1S/C18H14F4N4OS/c1-27-15-5-3-2-4-14(15)25-18(28)24-10-7-23-26(8-10)9-11-12(19)6-13(20)17(22)16(11)21/h2-8H,9H2,1H3,(H2,24,25,28). The number of benzene rings is 2. The zero-order valence-corrected chi connectivity index (χ0v) is 15.3. The fourth-order valence-electron chi connectivity index (χ4n) is 2.46. The predicted octanol–water partition coefficient (Wildman–Crippen LogP) is 4.31. The molecular weight excluding hydrogens is 396 g/mol. The van der Waals surface area contributed by atoms with Crippen LogP contribution in [0.4, 0.5) is 28.9 Å². The first-order valence-electron chi connectivity index (χ1n) is 7.94. The number of thiocarbonyl (C=S) groups is 1. The van der Waals surface area contributed by atoms with Crippen molar-refractivity contribution in [1.82, 2.24) is 9.78 Å². The fraction of sp³-hybridized carbons (Fsp3) is 0.111. The largest absolute Gasteiger partial charge is 0.495 e. The highest BCUT2D eigenvalue weighted by molar-refractivity contribution is 7.80. The number of anilines is 2. The minimum atomic E-state index is -1.73. The molecule has 0 saturated carbocycles. The molecule has 0 unspecified atom stereocenters. The van der Waals surface area contributed by atoms with Gasteiger partial charge in [0.1, 0.15) is 11.6 Å². The fourth-order valence-corrected chi connectivity index (χ4v) is 2.69. The van der Waals surface area contributed by atoms with Crippen LogP contribution in [0.2, 0.25) is 0 Å². The molecule has 3 aromatic rings. The van der Waals surface area contributed by atoms with Crippen molar-refractivity contribution >= 4 is 28.7 Å². The third kappa shape index (κ3) is 4.22. The van der Waals surface area contributed by atoms with Crippen LogP contribution in [0.25, 0.3) is 0 Å². The summed E-state index contributed by atoms with van der Waals surface area (Å²) in [7, 11) is 1.53. The molecule has 0 aliphatic carbocycles. The highest BCUT2D eigenvalue weighted by atomic mass is 32.1. The van der Waals surface area contributed by atoms with Gasteiger partial charge in [-0.1, -0.05) is 12.1 Å². The van der Waals surface area contributed by atoms with Crippen molar-refractivity contribution in [3.8, 4) is 5.75 Å². The molecule has 0 bridgehead atoms. The number of halogens is 4. The first kappa shape index (κ1) is 19.6. The van der Waals surface area contributed by atoms with Gasteiger partial charge in [-0.25, -0.2) is 17.6 Å². The summed E-state index contributed by atoms with van der Waals surface area (Å²) in [6, 6.07) is 7.43. The van der Waals surface area contributed by atoms with Crippen molar-refractivity contribution in [2.45, 2.75) is 6.54 Å². The van der Waals surface area contributed by atoms with Gasteiger partial charge in [0.05, 0.1) is 31.2 Å². The molecule has 0 saturated heterocycles. The van der Waals surface area contributed by atoms with Crippen LogP contribution in [-0.4, -0.2) is 22.0 Å². The Kier molecular flexibility index (Phi) is 5.78. The number of ether oxygens (including phenoxy) is 1. The van der Waals surface area contributed by atoms with Gasteiger partial charge in [0.25, 0.3) is 0 Å². The summed E-state index contributed by atoms with van der Waals surface area (Å²) in [5, 5.41) is 9.97. The van der Waals surface area contributed by atoms with Gasteiger partial charge in [-0.2, -0.15) is 5.10 Å². The van der Waals surface area contributed by atoms with Crippen LogP contribution >= 0.6 is 12.2 Å². The van der Waals surface area contributed by atoms with Crippen LogP contribution in [0.5, 0.6) is 5.75 Å². The van der Waals surface area contributed by atoms with Crippen molar-refractivity contribution < 1.29 is 22.3 Å². The van der Waals surface area contributed by atoms with Crippen LogP contribution in [0, 0.1) is 23.3 Å². The van der Waals surface area contributed by atoms with Crippen LogP contribution in [0.1, 0.15) is 5.56 Å². The number of hydrogen-bond donors (Lipinski definition) is 2. The second-order valence-corrected chi connectivity index (χ2v) is 6.06. The predicted molar refractivity (Wildman–Crippen MR) is 100 cm³/mol. The number of nitrogens with one attached hydrogen (secondary N) is 2. The molecular formula is C18H14F4N4OS. The first-order chi connectivity index (χ1) is 13.4. The maximum Gasteiger partial charge on any atom is 0.194 e. The van der Waals surface area contributed by atoms with Gasteiger partial charge >= 0.3 is 0 Å². The molecule has 1 heterocycles. The molecule has 0 fully saturated rings. The van der Waals surface area contributed by atoms with Crippen LogP contribution in [0.3, 0.4) is 0 Å². The normalized spacial score (nSPS) is 10.6. The molecule has 0 amide bonds. The second-order valence-electron chi connectivity index (χ2n) is 5.65. The lowest BCUT2D eigenvalue weighted by atomic mass is 10.2. The van der Waals surface area contributed by atoms with E-state index in [0.717, 1.165) is 4.68 Å². The summed E-state index contributed by atoms with van der Waals surface area (Å²) in [5.41, 5.74) is 0.430. The maximum atomic E-state index is 13.8. The van der Waals surface area contributed by atoms with Crippen molar-refractivity contribution in [2.24, 2.45) is 0 Å². The first-order valence-corrected chi connectivity index (χ1v) is 8.35. The molecule has 3 rings (SSSR count). The summed E-state index contributed by atoms with van der Waals surface area (Å²) in [4.78, 5) is 0. The van der Waals surface area contributed by atoms with E-state index in [0.29, 0.717) is 23.2 Å². The molecule has 10 heteroatoms. The number of methoxy groups -OCH3 is 1. The molecule has 2 aromatic carbocycles. The molecule has 0 atom stereocenters. The Morgan fingerprint density at radius 1 is 1.11 bits per heavy atom. The van der Waals surface area contributed by atoms with Gasteiger partial charge in [0.15, 0.2) is 22.6 Å². The highest BCUT2D eigenvalue weighted by Gasteiger charge is 2.19. The average Bonchev–Trinajstić information content (AvgIpc) is 3.10. The molecule has 1 aromatic heterocycles. The smallest absolute Gasteiger partial charge is 0.194 e. The number of hydrogen-bond acceptors (Lipinski definition) is 3. The Morgan fingerprint density at radius 3 is 2.61 bits per heavy atom. The third-order valence-corrected chi connectivity index (χ3v) is 3.98. The molecule has 28 heavy (non-hydrogen) atoms. The van der Waals surface area contributed by atoms with E-state index in [9.17, 15) is 17.6 Å². The average molecular weight is 410 g/mol. The monoisotopic (exact) mass is 410 g/mol. The van der Waals surface area contributed by atoms with Gasteiger partial charge in [-0.3, -0.25) is 4.68 Å². The molecule has 0 radical (unpaired) electrons. The van der Waals surface area contributed by atoms with Crippen LogP contribution < -0.4 is 15.4 Å². The topological polar surface area (TPSA) is 51.1 Å². The lowest BCUT2D eigenvalue weighted by molar-refractivity contribution is 0.417. The SMILES string of the molecule is COc1ccccc1NC(=S)Nc1cnn(Cc2c(F)cc(F)c(F)c2F)c1. The highest BCUT2D eigenvalue weighted by Crippen LogP contribution is 2.23. The van der Waals surface area contributed by atoms with E-state index < -0.39 is 35.4 Å². The molecule has 5 nitrogen and oxygen atoms in total. The summed E-state index contributed by atoms with van der Waals surface area (Å²) in [6.45, 7) is -0.427. The van der Waals surface area contributed by atoms with Crippen LogP contribution in [0.15, 0.2) is 42.7 Å².